The lowest BCUT2D eigenvalue weighted by atomic mass is 9.77. The Morgan fingerprint density at radius 1 is 0.844 bits per heavy atom. The molecule has 5 aliphatic rings. The molecule has 3 aromatic rings. The standard InChI is InChI=1S/C33H31N3O8S/c37-33(22-5-8-25(9-6-22)45(38,39)35-12-14-40-15-13-35)36-32(24-7-11-28-30(18-24)44-20-42-28)26-3-1-2-23(31(26)34-36)16-21-4-10-27-29(17-21)43-19-41-27/h4-11,16-18,26,32H,1-3,12-15,19-20H2/b23-16+. The van der Waals surface area contributed by atoms with Gasteiger partial charge in [0.1, 0.15) is 0 Å². The average Bonchev–Trinajstić information content (AvgIpc) is 3.83. The zero-order chi connectivity index (χ0) is 30.5. The van der Waals surface area contributed by atoms with Crippen molar-refractivity contribution in [3.8, 4) is 23.0 Å². The summed E-state index contributed by atoms with van der Waals surface area (Å²) in [4.78, 5) is 14.3. The molecule has 0 aromatic heterocycles. The van der Waals surface area contributed by atoms with Crippen LogP contribution >= 0.6 is 0 Å². The van der Waals surface area contributed by atoms with Crippen LogP contribution in [0.2, 0.25) is 0 Å². The first kappa shape index (κ1) is 28.1. The number of nitrogens with zero attached hydrogens (tertiary/aromatic N) is 3. The van der Waals surface area contributed by atoms with Crippen LogP contribution in [0.1, 0.15) is 46.8 Å². The number of hydrogen-bond donors (Lipinski definition) is 0. The van der Waals surface area contributed by atoms with Gasteiger partial charge in [-0.1, -0.05) is 12.1 Å². The van der Waals surface area contributed by atoms with Crippen molar-refractivity contribution >= 4 is 27.7 Å². The summed E-state index contributed by atoms with van der Waals surface area (Å²) in [5.41, 5.74) is 4.16. The Kier molecular flexibility index (Phi) is 7.00. The maximum Gasteiger partial charge on any atom is 0.274 e. The number of carbonyl (C=O) groups excluding carboxylic acids is 1. The number of hydrazone groups is 1. The molecule has 45 heavy (non-hydrogen) atoms. The number of sulfonamides is 1. The SMILES string of the molecule is O=C(c1ccc(S(=O)(=O)N2CCOCC2)cc1)N1N=C2/C(=C/c3ccc4c(c3)OCO4)CCCC2C1c1ccc2c(c1)OCO2. The molecule has 3 aromatic carbocycles. The second-order valence-electron chi connectivity index (χ2n) is 11.5. The predicted molar refractivity (Wildman–Crippen MR) is 163 cm³/mol. The number of carbonyl (C=O) groups is 1. The van der Waals surface area contributed by atoms with Gasteiger partial charge in [-0.3, -0.25) is 4.79 Å². The highest BCUT2D eigenvalue weighted by atomic mass is 32.2. The lowest BCUT2D eigenvalue weighted by Crippen LogP contribution is -2.40. The van der Waals surface area contributed by atoms with Gasteiger partial charge in [-0.2, -0.15) is 9.41 Å². The predicted octanol–water partition coefficient (Wildman–Crippen LogP) is 4.60. The van der Waals surface area contributed by atoms with Crippen molar-refractivity contribution in [1.29, 1.82) is 0 Å². The quantitative estimate of drug-likeness (QED) is 0.402. The summed E-state index contributed by atoms with van der Waals surface area (Å²) in [6, 6.07) is 17.4. The maximum atomic E-state index is 14.2. The van der Waals surface area contributed by atoms with Crippen molar-refractivity contribution in [3.05, 3.63) is 82.9 Å². The number of morpholine rings is 1. The molecule has 1 saturated carbocycles. The Morgan fingerprint density at radius 2 is 1.53 bits per heavy atom. The minimum absolute atomic E-state index is 0.0377. The van der Waals surface area contributed by atoms with Gasteiger partial charge in [0.25, 0.3) is 5.91 Å². The number of hydrogen-bond acceptors (Lipinski definition) is 9. The van der Waals surface area contributed by atoms with Crippen molar-refractivity contribution in [3.63, 3.8) is 0 Å². The van der Waals surface area contributed by atoms with E-state index in [9.17, 15) is 13.2 Å². The van der Waals surface area contributed by atoms with Crippen LogP contribution in [0.5, 0.6) is 23.0 Å². The molecule has 2 unspecified atom stereocenters. The summed E-state index contributed by atoms with van der Waals surface area (Å²) in [5.74, 6) is 2.39. The Balaban J connectivity index is 1.14. The van der Waals surface area contributed by atoms with Crippen molar-refractivity contribution in [2.24, 2.45) is 11.0 Å². The van der Waals surface area contributed by atoms with Crippen LogP contribution in [0.15, 0.2) is 76.2 Å². The Labute approximate surface area is 260 Å². The van der Waals surface area contributed by atoms with Gasteiger partial charge >= 0.3 is 0 Å². The third-order valence-electron chi connectivity index (χ3n) is 8.89. The highest BCUT2D eigenvalue weighted by Crippen LogP contribution is 2.47. The van der Waals surface area contributed by atoms with E-state index in [2.05, 4.69) is 6.08 Å². The van der Waals surface area contributed by atoms with Crippen molar-refractivity contribution in [2.45, 2.75) is 30.2 Å². The van der Waals surface area contributed by atoms with E-state index >= 15 is 0 Å². The van der Waals surface area contributed by atoms with E-state index in [1.807, 2.05) is 36.4 Å². The molecule has 1 saturated heterocycles. The molecule has 1 amide bonds. The highest BCUT2D eigenvalue weighted by molar-refractivity contribution is 7.89. The topological polar surface area (TPSA) is 116 Å². The molecule has 2 fully saturated rings. The second-order valence-corrected chi connectivity index (χ2v) is 13.5. The fourth-order valence-electron chi connectivity index (χ4n) is 6.64. The van der Waals surface area contributed by atoms with Crippen LogP contribution in [-0.4, -0.2) is 69.2 Å². The lowest BCUT2D eigenvalue weighted by Gasteiger charge is -2.30. The fourth-order valence-corrected chi connectivity index (χ4v) is 8.05. The zero-order valence-corrected chi connectivity index (χ0v) is 25.2. The minimum Gasteiger partial charge on any atom is -0.454 e. The van der Waals surface area contributed by atoms with E-state index in [1.54, 1.807) is 17.1 Å². The van der Waals surface area contributed by atoms with Crippen LogP contribution in [0, 0.1) is 5.92 Å². The van der Waals surface area contributed by atoms with Crippen molar-refractivity contribution < 1.29 is 36.9 Å². The number of benzene rings is 3. The highest BCUT2D eigenvalue weighted by Gasteiger charge is 2.44. The van der Waals surface area contributed by atoms with Gasteiger partial charge in [0, 0.05) is 24.6 Å². The zero-order valence-electron chi connectivity index (χ0n) is 24.4. The van der Waals surface area contributed by atoms with E-state index in [-0.39, 0.29) is 36.3 Å². The summed E-state index contributed by atoms with van der Waals surface area (Å²) in [5, 5.41) is 6.55. The summed E-state index contributed by atoms with van der Waals surface area (Å²) in [6.45, 7) is 1.68. The van der Waals surface area contributed by atoms with Gasteiger partial charge in [-0.05, 0) is 90.6 Å². The molecule has 232 valence electrons. The summed E-state index contributed by atoms with van der Waals surface area (Å²) < 4.78 is 55.4. The molecular weight excluding hydrogens is 598 g/mol. The third kappa shape index (κ3) is 5.02. The van der Waals surface area contributed by atoms with Crippen LogP contribution in [0.4, 0.5) is 0 Å². The number of fused-ring (bicyclic) bond motifs is 3. The maximum absolute atomic E-state index is 14.2. The van der Waals surface area contributed by atoms with Gasteiger partial charge in [-0.25, -0.2) is 13.4 Å². The molecule has 0 radical (unpaired) electrons. The number of amides is 1. The van der Waals surface area contributed by atoms with Gasteiger partial charge < -0.3 is 23.7 Å². The molecule has 4 aliphatic heterocycles. The Morgan fingerprint density at radius 3 is 2.29 bits per heavy atom. The summed E-state index contributed by atoms with van der Waals surface area (Å²) in [7, 11) is -3.69. The van der Waals surface area contributed by atoms with E-state index in [1.165, 1.54) is 16.4 Å². The van der Waals surface area contributed by atoms with Crippen LogP contribution < -0.4 is 18.9 Å². The first-order valence-electron chi connectivity index (χ1n) is 15.1. The molecule has 4 heterocycles. The molecule has 12 heteroatoms. The molecule has 0 bridgehead atoms. The molecule has 11 nitrogen and oxygen atoms in total. The first-order chi connectivity index (χ1) is 22.0. The van der Waals surface area contributed by atoms with E-state index in [0.717, 1.165) is 47.4 Å². The van der Waals surface area contributed by atoms with Crippen LogP contribution in [0.3, 0.4) is 0 Å². The average molecular weight is 630 g/mol. The molecule has 1 aliphatic carbocycles. The largest absolute Gasteiger partial charge is 0.454 e. The van der Waals surface area contributed by atoms with Gasteiger partial charge in [0.05, 0.1) is 29.9 Å². The molecule has 0 spiro atoms. The number of ether oxygens (including phenoxy) is 5. The van der Waals surface area contributed by atoms with E-state index in [0.29, 0.717) is 49.1 Å². The monoisotopic (exact) mass is 629 g/mol. The minimum atomic E-state index is -3.69. The smallest absolute Gasteiger partial charge is 0.274 e. The third-order valence-corrected chi connectivity index (χ3v) is 10.8. The lowest BCUT2D eigenvalue weighted by molar-refractivity contribution is 0.0680. The van der Waals surface area contributed by atoms with Crippen LogP contribution in [0.25, 0.3) is 6.08 Å². The van der Waals surface area contributed by atoms with Gasteiger partial charge in [0.15, 0.2) is 23.0 Å². The van der Waals surface area contributed by atoms with Gasteiger partial charge in [-0.15, -0.1) is 0 Å². The Hall–Kier alpha value is -4.39. The molecule has 0 N–H and O–H groups in total. The normalized spacial score (nSPS) is 23.2. The number of allylic oxidation sites excluding steroid dienone is 1. The first-order valence-corrected chi connectivity index (χ1v) is 16.5. The summed E-state index contributed by atoms with van der Waals surface area (Å²) in [6.07, 6.45) is 4.74. The van der Waals surface area contributed by atoms with Gasteiger partial charge in [0.2, 0.25) is 23.6 Å². The molecular formula is C33H31N3O8S. The summed E-state index contributed by atoms with van der Waals surface area (Å²) >= 11 is 0. The van der Waals surface area contributed by atoms with Crippen molar-refractivity contribution in [1.82, 2.24) is 9.31 Å². The van der Waals surface area contributed by atoms with E-state index < -0.39 is 10.0 Å². The van der Waals surface area contributed by atoms with Crippen molar-refractivity contribution in [2.75, 3.05) is 39.9 Å². The Bertz CT molecular complexity index is 1830. The second kappa shape index (κ2) is 11.2. The fraction of sp³-hybridized carbons (Fsp3) is 0.333. The van der Waals surface area contributed by atoms with E-state index in [4.69, 9.17) is 28.8 Å². The molecule has 2 atom stereocenters. The number of rotatable bonds is 5. The van der Waals surface area contributed by atoms with Crippen LogP contribution in [-0.2, 0) is 14.8 Å². The molecule has 8 rings (SSSR count).